The second kappa shape index (κ2) is 15.4. The van der Waals surface area contributed by atoms with E-state index in [9.17, 15) is 33.9 Å². The molecule has 0 saturated carbocycles. The van der Waals surface area contributed by atoms with E-state index >= 15 is 0 Å². The summed E-state index contributed by atoms with van der Waals surface area (Å²) in [5.41, 5.74) is 17.8. The Morgan fingerprint density at radius 1 is 0.829 bits per heavy atom. The summed E-state index contributed by atoms with van der Waals surface area (Å²) in [5, 5.41) is 17.9. The van der Waals surface area contributed by atoms with Gasteiger partial charge >= 0.3 is 5.97 Å². The summed E-state index contributed by atoms with van der Waals surface area (Å²) in [6.07, 6.45) is 0.964. The molecule has 11 N–H and O–H groups in total. The van der Waals surface area contributed by atoms with Gasteiger partial charge in [-0.1, -0.05) is 32.0 Å². The van der Waals surface area contributed by atoms with Gasteiger partial charge in [-0.05, 0) is 36.8 Å². The van der Waals surface area contributed by atoms with Crippen LogP contribution in [0.2, 0.25) is 0 Å². The average Bonchev–Trinajstić information content (AvgIpc) is 3.30. The standard InChI is InChI=1S/C27H39N7O7/c1-14(2)11-17(28)24(37)32-19(7-9-22(29)35)25(38)33-20(8-10-23(30)36)26(39)34-21(27(40)41)12-15-13-31-18-6-4-3-5-16(15)18/h3-6,13-14,17,19-21,31H,7-12,28H2,1-2H3,(H2,29,35)(H2,30,36)(H,32,37)(H,33,38)(H,34,39)(H,40,41). The molecule has 2 rings (SSSR count). The Morgan fingerprint density at radius 2 is 1.34 bits per heavy atom. The lowest BCUT2D eigenvalue weighted by Gasteiger charge is -2.25. The molecule has 2 aromatic rings. The molecule has 0 aliphatic carbocycles. The van der Waals surface area contributed by atoms with Crippen LogP contribution in [0, 0.1) is 5.92 Å². The Hall–Kier alpha value is -4.46. The number of nitrogens with one attached hydrogen (secondary N) is 4. The summed E-state index contributed by atoms with van der Waals surface area (Å²) in [5.74, 6) is -5.02. The average molecular weight is 574 g/mol. The van der Waals surface area contributed by atoms with Gasteiger partial charge in [0.1, 0.15) is 18.1 Å². The third kappa shape index (κ3) is 10.6. The highest BCUT2D eigenvalue weighted by atomic mass is 16.4. The minimum Gasteiger partial charge on any atom is -0.480 e. The third-order valence-electron chi connectivity index (χ3n) is 6.40. The molecule has 0 spiro atoms. The van der Waals surface area contributed by atoms with Gasteiger partial charge < -0.3 is 43.2 Å². The second-order valence-electron chi connectivity index (χ2n) is 10.3. The smallest absolute Gasteiger partial charge is 0.326 e. The van der Waals surface area contributed by atoms with Gasteiger partial charge in [0.2, 0.25) is 29.5 Å². The molecule has 224 valence electrons. The molecule has 41 heavy (non-hydrogen) atoms. The lowest BCUT2D eigenvalue weighted by atomic mass is 10.0. The Labute approximate surface area is 237 Å². The molecule has 4 unspecified atom stereocenters. The number of rotatable bonds is 17. The minimum absolute atomic E-state index is 0.0629. The van der Waals surface area contributed by atoms with Gasteiger partial charge in [-0.15, -0.1) is 0 Å². The van der Waals surface area contributed by atoms with Crippen LogP contribution in [0.5, 0.6) is 0 Å². The largest absolute Gasteiger partial charge is 0.480 e. The monoisotopic (exact) mass is 573 g/mol. The predicted octanol–water partition coefficient (Wildman–Crippen LogP) is -0.846. The van der Waals surface area contributed by atoms with Crippen LogP contribution in [0.1, 0.15) is 51.5 Å². The van der Waals surface area contributed by atoms with Gasteiger partial charge in [-0.2, -0.15) is 0 Å². The number of hydrogen-bond donors (Lipinski definition) is 8. The summed E-state index contributed by atoms with van der Waals surface area (Å²) in [6.45, 7) is 3.74. The first-order valence-corrected chi connectivity index (χ1v) is 13.3. The SMILES string of the molecule is CC(C)CC(N)C(=O)NC(CCC(N)=O)C(=O)NC(CCC(N)=O)C(=O)NC(Cc1c[nH]c2ccccc12)C(=O)O. The molecular formula is C27H39N7O7. The van der Waals surface area contributed by atoms with Crippen molar-refractivity contribution in [3.05, 3.63) is 36.0 Å². The number of para-hydroxylation sites is 1. The van der Waals surface area contributed by atoms with Crippen LogP contribution in [-0.2, 0) is 35.2 Å². The Bertz CT molecular complexity index is 1260. The molecule has 1 heterocycles. The molecule has 0 bridgehead atoms. The van der Waals surface area contributed by atoms with Gasteiger partial charge in [-0.25, -0.2) is 4.79 Å². The molecule has 1 aromatic heterocycles. The van der Waals surface area contributed by atoms with Crippen LogP contribution in [0.15, 0.2) is 30.5 Å². The van der Waals surface area contributed by atoms with Crippen molar-refractivity contribution in [3.63, 3.8) is 0 Å². The lowest BCUT2D eigenvalue weighted by molar-refractivity contribution is -0.142. The van der Waals surface area contributed by atoms with Gasteiger partial charge in [0.15, 0.2) is 0 Å². The number of H-pyrrole nitrogens is 1. The molecule has 14 heteroatoms. The number of primary amides is 2. The van der Waals surface area contributed by atoms with E-state index in [2.05, 4.69) is 20.9 Å². The van der Waals surface area contributed by atoms with E-state index in [1.807, 2.05) is 32.0 Å². The zero-order chi connectivity index (χ0) is 30.7. The summed E-state index contributed by atoms with van der Waals surface area (Å²) < 4.78 is 0. The van der Waals surface area contributed by atoms with Crippen LogP contribution >= 0.6 is 0 Å². The summed E-state index contributed by atoms with van der Waals surface area (Å²) in [6, 6.07) is 2.31. The van der Waals surface area contributed by atoms with Gasteiger partial charge in [0, 0.05) is 36.4 Å². The second-order valence-corrected chi connectivity index (χ2v) is 10.3. The number of aliphatic carboxylic acids is 1. The first kappa shape index (κ1) is 32.8. The van der Waals surface area contributed by atoms with Crippen LogP contribution < -0.4 is 33.2 Å². The number of amides is 5. The number of carbonyl (C=O) groups excluding carboxylic acids is 5. The maximum absolute atomic E-state index is 13.2. The first-order chi connectivity index (χ1) is 19.3. The molecule has 0 radical (unpaired) electrons. The Kier molecular flexibility index (Phi) is 12.3. The van der Waals surface area contributed by atoms with Gasteiger partial charge in [-0.3, -0.25) is 24.0 Å². The number of aromatic amines is 1. The van der Waals surface area contributed by atoms with Gasteiger partial charge in [0.25, 0.3) is 0 Å². The van der Waals surface area contributed by atoms with E-state index < -0.39 is 59.7 Å². The topological polar surface area (TPSA) is 253 Å². The third-order valence-corrected chi connectivity index (χ3v) is 6.40. The fourth-order valence-electron chi connectivity index (χ4n) is 4.27. The summed E-state index contributed by atoms with van der Waals surface area (Å²) in [4.78, 5) is 76.9. The fraction of sp³-hybridized carbons (Fsp3) is 0.481. The number of aromatic nitrogens is 1. The van der Waals surface area contributed by atoms with Crippen molar-refractivity contribution in [1.29, 1.82) is 0 Å². The maximum atomic E-state index is 13.2. The van der Waals surface area contributed by atoms with E-state index in [1.54, 1.807) is 12.3 Å². The number of carbonyl (C=O) groups is 6. The highest BCUT2D eigenvalue weighted by molar-refractivity contribution is 5.95. The molecule has 14 nitrogen and oxygen atoms in total. The van der Waals surface area contributed by atoms with Crippen molar-refractivity contribution in [2.24, 2.45) is 23.1 Å². The van der Waals surface area contributed by atoms with Crippen molar-refractivity contribution in [1.82, 2.24) is 20.9 Å². The van der Waals surface area contributed by atoms with Crippen molar-refractivity contribution in [2.45, 2.75) is 76.5 Å². The molecule has 0 aliphatic heterocycles. The molecule has 0 fully saturated rings. The van der Waals surface area contributed by atoms with E-state index in [1.165, 1.54) is 0 Å². The Balaban J connectivity index is 2.21. The summed E-state index contributed by atoms with van der Waals surface area (Å²) in [7, 11) is 0. The zero-order valence-corrected chi connectivity index (χ0v) is 23.1. The van der Waals surface area contributed by atoms with Crippen LogP contribution in [0.4, 0.5) is 0 Å². The number of hydrogen-bond acceptors (Lipinski definition) is 7. The molecular weight excluding hydrogens is 534 g/mol. The maximum Gasteiger partial charge on any atom is 0.326 e. The van der Waals surface area contributed by atoms with Crippen molar-refractivity contribution in [3.8, 4) is 0 Å². The lowest BCUT2D eigenvalue weighted by Crippen LogP contribution is -2.57. The summed E-state index contributed by atoms with van der Waals surface area (Å²) >= 11 is 0. The highest BCUT2D eigenvalue weighted by Crippen LogP contribution is 2.19. The number of fused-ring (bicyclic) bond motifs is 1. The van der Waals surface area contributed by atoms with E-state index in [0.717, 1.165) is 10.9 Å². The highest BCUT2D eigenvalue weighted by Gasteiger charge is 2.31. The van der Waals surface area contributed by atoms with E-state index in [-0.39, 0.29) is 38.0 Å². The fourth-order valence-corrected chi connectivity index (χ4v) is 4.27. The number of benzene rings is 1. The quantitative estimate of drug-likeness (QED) is 0.118. The van der Waals surface area contributed by atoms with Crippen LogP contribution in [0.3, 0.4) is 0 Å². The molecule has 0 aliphatic rings. The number of nitrogens with two attached hydrogens (primary N) is 3. The van der Waals surface area contributed by atoms with E-state index in [0.29, 0.717) is 12.0 Å². The Morgan fingerprint density at radius 3 is 1.85 bits per heavy atom. The van der Waals surface area contributed by atoms with Crippen LogP contribution in [-0.4, -0.2) is 69.8 Å². The molecule has 1 aromatic carbocycles. The van der Waals surface area contributed by atoms with E-state index in [4.69, 9.17) is 17.2 Å². The molecule has 5 amide bonds. The normalized spacial score (nSPS) is 14.0. The zero-order valence-electron chi connectivity index (χ0n) is 23.1. The first-order valence-electron chi connectivity index (χ1n) is 13.3. The number of carboxylic acid groups (broad SMARTS) is 1. The van der Waals surface area contributed by atoms with Crippen molar-refractivity contribution >= 4 is 46.4 Å². The van der Waals surface area contributed by atoms with Gasteiger partial charge in [0.05, 0.1) is 6.04 Å². The van der Waals surface area contributed by atoms with Crippen LogP contribution in [0.25, 0.3) is 10.9 Å². The molecule has 0 saturated heterocycles. The van der Waals surface area contributed by atoms with Crippen molar-refractivity contribution in [2.75, 3.05) is 0 Å². The van der Waals surface area contributed by atoms with Crippen molar-refractivity contribution < 1.29 is 33.9 Å². The predicted molar refractivity (Wildman–Crippen MR) is 150 cm³/mol. The minimum atomic E-state index is -1.38. The number of carboxylic acids is 1. The molecule has 4 atom stereocenters.